The first-order valence-corrected chi connectivity index (χ1v) is 10.0. The molecule has 0 spiro atoms. The van der Waals surface area contributed by atoms with Crippen LogP contribution in [0.25, 0.3) is 11.0 Å². The van der Waals surface area contributed by atoms with Crippen LogP contribution in [0.15, 0.2) is 30.3 Å². The van der Waals surface area contributed by atoms with Crippen LogP contribution in [-0.4, -0.2) is 27.6 Å². The van der Waals surface area contributed by atoms with Crippen molar-refractivity contribution in [3.05, 3.63) is 58.1 Å². The quantitative estimate of drug-likeness (QED) is 0.447. The summed E-state index contributed by atoms with van der Waals surface area (Å²) >= 11 is 6.15. The first kappa shape index (κ1) is 20.3. The molecule has 0 aliphatic rings. The highest BCUT2D eigenvalue weighted by Crippen LogP contribution is 2.37. The fourth-order valence-corrected chi connectivity index (χ4v) is 4.05. The molecule has 0 N–H and O–H groups in total. The summed E-state index contributed by atoms with van der Waals surface area (Å²) in [4.78, 5) is 12.7. The van der Waals surface area contributed by atoms with Crippen LogP contribution in [0.4, 0.5) is 0 Å². The first-order valence-electron chi connectivity index (χ1n) is 9.49. The van der Waals surface area contributed by atoms with Gasteiger partial charge in [0.2, 0.25) is 0 Å². The summed E-state index contributed by atoms with van der Waals surface area (Å²) in [5.74, 6) is -0.284. The molecule has 148 valence electrons. The highest BCUT2D eigenvalue weighted by molar-refractivity contribution is 6.17. The molecule has 1 heterocycles. The number of carbonyl (C=O) groups is 1. The Morgan fingerprint density at radius 1 is 1.25 bits per heavy atom. The second kappa shape index (κ2) is 8.31. The Hall–Kier alpha value is -2.40. The minimum atomic E-state index is -0.348. The van der Waals surface area contributed by atoms with Gasteiger partial charge in [-0.25, -0.2) is 4.68 Å². The van der Waals surface area contributed by atoms with Gasteiger partial charge in [-0.1, -0.05) is 36.4 Å². The molecule has 0 aliphatic heterocycles. The van der Waals surface area contributed by atoms with E-state index in [-0.39, 0.29) is 17.8 Å². The Labute approximate surface area is 170 Å². The van der Waals surface area contributed by atoms with Gasteiger partial charge in [-0.05, 0) is 54.7 Å². The molecule has 0 fully saturated rings. The monoisotopic (exact) mass is 399 g/mol. The first-order chi connectivity index (χ1) is 13.4. The van der Waals surface area contributed by atoms with E-state index in [1.165, 1.54) is 0 Å². The Bertz CT molecular complexity index is 1010. The van der Waals surface area contributed by atoms with Gasteiger partial charge in [0.25, 0.3) is 0 Å². The number of aromatic nitrogens is 3. The zero-order valence-corrected chi connectivity index (χ0v) is 17.7. The molecule has 1 unspecified atom stereocenters. The molecule has 2 aromatic carbocycles. The van der Waals surface area contributed by atoms with E-state index in [0.29, 0.717) is 12.5 Å². The van der Waals surface area contributed by atoms with Gasteiger partial charge in [-0.3, -0.25) is 4.79 Å². The molecule has 28 heavy (non-hydrogen) atoms. The highest BCUT2D eigenvalue weighted by atomic mass is 35.5. The molecule has 1 aromatic heterocycles. The maximum absolute atomic E-state index is 12.7. The third-order valence-electron chi connectivity index (χ3n) is 5.45. The lowest BCUT2D eigenvalue weighted by Crippen LogP contribution is -2.23. The number of alkyl halides is 1. The summed E-state index contributed by atoms with van der Waals surface area (Å²) in [7, 11) is 1.87. The van der Waals surface area contributed by atoms with E-state index in [1.807, 2.05) is 40.8 Å². The molecule has 0 saturated carbocycles. The SMILES string of the molecule is CCOC(=O)C(C)[C@H](c1ccc(C)c(CCl)c1)c1ccc2c(nnn2C)c1C. The number of ether oxygens (including phenoxy) is 1. The lowest BCUT2D eigenvalue weighted by molar-refractivity contribution is -0.147. The summed E-state index contributed by atoms with van der Waals surface area (Å²) in [6.07, 6.45) is 0. The summed E-state index contributed by atoms with van der Waals surface area (Å²) in [6, 6.07) is 10.3. The summed E-state index contributed by atoms with van der Waals surface area (Å²) in [5.41, 5.74) is 7.16. The minimum Gasteiger partial charge on any atom is -0.466 e. The van der Waals surface area contributed by atoms with Crippen LogP contribution in [0.3, 0.4) is 0 Å². The minimum absolute atomic E-state index is 0.159. The van der Waals surface area contributed by atoms with Crippen molar-refractivity contribution in [1.82, 2.24) is 15.0 Å². The van der Waals surface area contributed by atoms with Crippen molar-refractivity contribution in [1.29, 1.82) is 0 Å². The Morgan fingerprint density at radius 2 is 2.00 bits per heavy atom. The molecule has 0 saturated heterocycles. The Kier molecular flexibility index (Phi) is 6.04. The van der Waals surface area contributed by atoms with Crippen LogP contribution >= 0.6 is 11.6 Å². The van der Waals surface area contributed by atoms with Crippen molar-refractivity contribution in [2.24, 2.45) is 13.0 Å². The number of nitrogens with zero attached hydrogens (tertiary/aromatic N) is 3. The predicted molar refractivity (Wildman–Crippen MR) is 112 cm³/mol. The molecule has 5 nitrogen and oxygen atoms in total. The van der Waals surface area contributed by atoms with Crippen LogP contribution in [-0.2, 0) is 22.5 Å². The molecule has 0 amide bonds. The van der Waals surface area contributed by atoms with Crippen LogP contribution in [0.2, 0.25) is 0 Å². The lowest BCUT2D eigenvalue weighted by Gasteiger charge is -2.26. The van der Waals surface area contributed by atoms with Crippen molar-refractivity contribution >= 4 is 28.6 Å². The van der Waals surface area contributed by atoms with Gasteiger partial charge in [0.15, 0.2) is 0 Å². The van der Waals surface area contributed by atoms with Crippen molar-refractivity contribution < 1.29 is 9.53 Å². The Morgan fingerprint density at radius 3 is 2.68 bits per heavy atom. The van der Waals surface area contributed by atoms with Gasteiger partial charge in [-0.2, -0.15) is 0 Å². The number of fused-ring (bicyclic) bond motifs is 1. The van der Waals surface area contributed by atoms with Gasteiger partial charge in [0, 0.05) is 18.8 Å². The largest absolute Gasteiger partial charge is 0.466 e. The summed E-state index contributed by atoms with van der Waals surface area (Å²) < 4.78 is 7.10. The number of hydrogen-bond donors (Lipinski definition) is 0. The number of halogens is 1. The van der Waals surface area contributed by atoms with Crippen LogP contribution in [0.5, 0.6) is 0 Å². The maximum atomic E-state index is 12.7. The van der Waals surface area contributed by atoms with E-state index in [2.05, 4.69) is 34.6 Å². The molecule has 0 radical (unpaired) electrons. The zero-order chi connectivity index (χ0) is 20.4. The van der Waals surface area contributed by atoms with Crippen molar-refractivity contribution in [3.63, 3.8) is 0 Å². The third-order valence-corrected chi connectivity index (χ3v) is 5.74. The average molecular weight is 400 g/mol. The van der Waals surface area contributed by atoms with E-state index >= 15 is 0 Å². The van der Waals surface area contributed by atoms with Crippen molar-refractivity contribution in [3.8, 4) is 0 Å². The topological polar surface area (TPSA) is 57.0 Å². The van der Waals surface area contributed by atoms with Crippen LogP contribution in [0, 0.1) is 19.8 Å². The predicted octanol–water partition coefficient (Wildman–Crippen LogP) is 4.66. The molecule has 0 aliphatic carbocycles. The molecule has 2 atom stereocenters. The average Bonchev–Trinajstić information content (AvgIpc) is 3.06. The van der Waals surface area contributed by atoms with E-state index in [9.17, 15) is 4.79 Å². The number of esters is 1. The second-order valence-electron chi connectivity index (χ2n) is 7.20. The highest BCUT2D eigenvalue weighted by Gasteiger charge is 2.30. The second-order valence-corrected chi connectivity index (χ2v) is 7.47. The van der Waals surface area contributed by atoms with E-state index < -0.39 is 0 Å². The van der Waals surface area contributed by atoms with Gasteiger partial charge in [0.1, 0.15) is 5.52 Å². The molecule has 3 rings (SSSR count). The maximum Gasteiger partial charge on any atom is 0.309 e. The molecule has 3 aromatic rings. The van der Waals surface area contributed by atoms with Crippen molar-refractivity contribution in [2.75, 3.05) is 6.61 Å². The number of rotatable bonds is 6. The van der Waals surface area contributed by atoms with Crippen LogP contribution in [0.1, 0.15) is 47.6 Å². The number of aryl methyl sites for hydroxylation is 3. The van der Waals surface area contributed by atoms with Crippen molar-refractivity contribution in [2.45, 2.75) is 39.5 Å². The normalized spacial score (nSPS) is 13.5. The van der Waals surface area contributed by atoms with Gasteiger partial charge >= 0.3 is 5.97 Å². The molecule has 6 heteroatoms. The fourth-order valence-electron chi connectivity index (χ4n) is 3.76. The zero-order valence-electron chi connectivity index (χ0n) is 17.0. The van der Waals surface area contributed by atoms with Gasteiger partial charge in [-0.15, -0.1) is 16.7 Å². The smallest absolute Gasteiger partial charge is 0.309 e. The number of benzene rings is 2. The molecular weight excluding hydrogens is 374 g/mol. The molecule has 0 bridgehead atoms. The van der Waals surface area contributed by atoms with E-state index in [1.54, 1.807) is 4.68 Å². The summed E-state index contributed by atoms with van der Waals surface area (Å²) in [6.45, 7) is 8.19. The van der Waals surface area contributed by atoms with E-state index in [4.69, 9.17) is 16.3 Å². The van der Waals surface area contributed by atoms with Crippen LogP contribution < -0.4 is 0 Å². The third kappa shape index (κ3) is 3.63. The lowest BCUT2D eigenvalue weighted by atomic mass is 9.79. The standard InChI is InChI=1S/C22H26ClN3O2/c1-6-28-22(27)15(4)20(16-8-7-13(2)17(11-16)12-23)18-9-10-19-21(14(18)3)24-25-26(19)5/h7-11,15,20H,6,12H2,1-5H3/t15?,20-/m1/s1. The van der Waals surface area contributed by atoms with E-state index in [0.717, 1.165) is 38.9 Å². The van der Waals surface area contributed by atoms with Gasteiger partial charge < -0.3 is 4.74 Å². The fraction of sp³-hybridized carbons (Fsp3) is 0.409. The number of hydrogen-bond acceptors (Lipinski definition) is 4. The Balaban J connectivity index is 2.19. The van der Waals surface area contributed by atoms with Gasteiger partial charge in [0.05, 0.1) is 18.0 Å². The summed E-state index contributed by atoms with van der Waals surface area (Å²) in [5, 5.41) is 8.45. The molecular formula is C22H26ClN3O2. The number of carbonyl (C=O) groups excluding carboxylic acids is 1.